The lowest BCUT2D eigenvalue weighted by molar-refractivity contribution is -0.120. The molecule has 0 saturated carbocycles. The molecule has 1 amide bonds. The van der Waals surface area contributed by atoms with Gasteiger partial charge in [0.15, 0.2) is 6.61 Å². The largest absolute Gasteiger partial charge is 0.482 e. The lowest BCUT2D eigenvalue weighted by Gasteiger charge is -2.26. The van der Waals surface area contributed by atoms with Crippen LogP contribution < -0.4 is 15.0 Å². The Bertz CT molecular complexity index is 1000. The van der Waals surface area contributed by atoms with Crippen molar-refractivity contribution in [3.63, 3.8) is 0 Å². The third-order valence-electron chi connectivity index (χ3n) is 4.88. The number of anilines is 2. The average Bonchev–Trinajstić information content (AvgIpc) is 2.72. The lowest BCUT2D eigenvalue weighted by Crippen LogP contribution is -2.35. The Morgan fingerprint density at radius 2 is 1.86 bits per heavy atom. The van der Waals surface area contributed by atoms with Gasteiger partial charge in [-0.05, 0) is 54.4 Å². The maximum Gasteiger partial charge on any atom is 0.264 e. The van der Waals surface area contributed by atoms with Crippen molar-refractivity contribution in [3.8, 4) is 16.9 Å². The Labute approximate surface area is 162 Å². The number of amides is 1. The zero-order valence-electron chi connectivity index (χ0n) is 15.6. The quantitative estimate of drug-likeness (QED) is 0.731. The van der Waals surface area contributed by atoms with Gasteiger partial charge in [0, 0.05) is 24.8 Å². The summed E-state index contributed by atoms with van der Waals surface area (Å²) in [6.45, 7) is 2.07. The highest BCUT2D eigenvalue weighted by molar-refractivity contribution is 5.98. The summed E-state index contributed by atoms with van der Waals surface area (Å²) >= 11 is 0. The summed E-state index contributed by atoms with van der Waals surface area (Å²) in [5.41, 5.74) is 3.62. The van der Waals surface area contributed by atoms with Crippen LogP contribution in [0.25, 0.3) is 11.1 Å². The number of fused-ring (bicyclic) bond motifs is 1. The van der Waals surface area contributed by atoms with Crippen molar-refractivity contribution < 1.29 is 13.9 Å². The summed E-state index contributed by atoms with van der Waals surface area (Å²) in [6, 6.07) is 16.0. The molecule has 3 aromatic rings. The van der Waals surface area contributed by atoms with Gasteiger partial charge >= 0.3 is 0 Å². The molecule has 0 bridgehead atoms. The van der Waals surface area contributed by atoms with Crippen LogP contribution in [0.3, 0.4) is 0 Å². The topological polar surface area (TPSA) is 54.5 Å². The van der Waals surface area contributed by atoms with Gasteiger partial charge in [-0.2, -0.15) is 0 Å². The molecule has 28 heavy (non-hydrogen) atoms. The van der Waals surface area contributed by atoms with E-state index in [0.29, 0.717) is 5.75 Å². The van der Waals surface area contributed by atoms with E-state index in [9.17, 15) is 9.18 Å². The van der Waals surface area contributed by atoms with Crippen molar-refractivity contribution in [3.05, 3.63) is 72.2 Å². The number of rotatable bonds is 4. The van der Waals surface area contributed by atoms with E-state index in [4.69, 9.17) is 4.74 Å². The zero-order chi connectivity index (χ0) is 19.7. The smallest absolute Gasteiger partial charge is 0.264 e. The van der Waals surface area contributed by atoms with Crippen molar-refractivity contribution in [1.82, 2.24) is 4.98 Å². The Hall–Kier alpha value is -3.41. The number of hydrogen-bond donors (Lipinski definition) is 1. The monoisotopic (exact) mass is 377 g/mol. The van der Waals surface area contributed by atoms with Crippen LogP contribution >= 0.6 is 0 Å². The molecule has 142 valence electrons. The van der Waals surface area contributed by atoms with E-state index in [1.54, 1.807) is 30.3 Å². The van der Waals surface area contributed by atoms with Crippen LogP contribution in [0.1, 0.15) is 18.5 Å². The fourth-order valence-electron chi connectivity index (χ4n) is 3.16. The second kappa shape index (κ2) is 7.31. The molecule has 1 aliphatic rings. The lowest BCUT2D eigenvalue weighted by atomic mass is 10.1. The molecule has 2 heterocycles. The van der Waals surface area contributed by atoms with Gasteiger partial charge in [-0.15, -0.1) is 0 Å². The highest BCUT2D eigenvalue weighted by atomic mass is 19.1. The minimum Gasteiger partial charge on any atom is -0.482 e. The van der Waals surface area contributed by atoms with Crippen molar-refractivity contribution >= 4 is 17.4 Å². The van der Waals surface area contributed by atoms with Gasteiger partial charge in [-0.1, -0.05) is 18.2 Å². The normalized spacial score (nSPS) is 14.2. The number of likely N-dealkylation sites (N-methyl/N-ethyl adjacent to an activating group) is 1. The van der Waals surface area contributed by atoms with Gasteiger partial charge < -0.3 is 15.0 Å². The van der Waals surface area contributed by atoms with E-state index in [0.717, 1.165) is 28.2 Å². The van der Waals surface area contributed by atoms with E-state index >= 15 is 0 Å². The van der Waals surface area contributed by atoms with E-state index in [2.05, 4.69) is 10.3 Å². The molecule has 0 radical (unpaired) electrons. The summed E-state index contributed by atoms with van der Waals surface area (Å²) < 4.78 is 18.5. The van der Waals surface area contributed by atoms with E-state index in [1.165, 1.54) is 12.1 Å². The predicted octanol–water partition coefficient (Wildman–Crippen LogP) is 4.42. The van der Waals surface area contributed by atoms with Crippen molar-refractivity contribution in [2.75, 3.05) is 23.9 Å². The van der Waals surface area contributed by atoms with Crippen LogP contribution in [0.2, 0.25) is 0 Å². The third kappa shape index (κ3) is 3.53. The SMILES string of the molecule is C[C@@H](Nc1ccc(-c2ccc3c(c2)N(C)C(=O)CO3)cn1)c1ccc(F)cc1. The van der Waals surface area contributed by atoms with Crippen molar-refractivity contribution in [1.29, 1.82) is 0 Å². The molecule has 1 atom stereocenters. The highest BCUT2D eigenvalue weighted by Crippen LogP contribution is 2.35. The minimum atomic E-state index is -0.249. The van der Waals surface area contributed by atoms with E-state index < -0.39 is 0 Å². The molecule has 1 aromatic heterocycles. The first-order valence-corrected chi connectivity index (χ1v) is 9.03. The number of pyridine rings is 1. The Balaban J connectivity index is 1.52. The number of ether oxygens (including phenoxy) is 1. The van der Waals surface area contributed by atoms with Crippen LogP contribution in [0.5, 0.6) is 5.75 Å². The fourth-order valence-corrected chi connectivity index (χ4v) is 3.16. The third-order valence-corrected chi connectivity index (χ3v) is 4.88. The van der Waals surface area contributed by atoms with Gasteiger partial charge in [0.05, 0.1) is 5.69 Å². The number of benzene rings is 2. The summed E-state index contributed by atoms with van der Waals surface area (Å²) in [4.78, 5) is 17.9. The van der Waals surface area contributed by atoms with Gasteiger partial charge in [-0.25, -0.2) is 9.37 Å². The molecule has 0 aliphatic carbocycles. The molecule has 0 unspecified atom stereocenters. The molecule has 1 aliphatic heterocycles. The first kappa shape index (κ1) is 18.0. The summed E-state index contributed by atoms with van der Waals surface area (Å²) in [6.07, 6.45) is 1.78. The molecule has 1 N–H and O–H groups in total. The van der Waals surface area contributed by atoms with Gasteiger partial charge in [0.25, 0.3) is 5.91 Å². The molecular weight excluding hydrogens is 357 g/mol. The van der Waals surface area contributed by atoms with Crippen LogP contribution in [-0.4, -0.2) is 24.5 Å². The fraction of sp³-hybridized carbons (Fsp3) is 0.182. The molecule has 0 fully saturated rings. The molecular formula is C22H20FN3O2. The number of nitrogens with one attached hydrogen (secondary N) is 1. The number of carbonyl (C=O) groups is 1. The second-order valence-corrected chi connectivity index (χ2v) is 6.77. The number of hydrogen-bond acceptors (Lipinski definition) is 4. The van der Waals surface area contributed by atoms with Gasteiger partial charge in [0.2, 0.25) is 0 Å². The van der Waals surface area contributed by atoms with Gasteiger partial charge in [-0.3, -0.25) is 4.79 Å². The van der Waals surface area contributed by atoms with Crippen LogP contribution in [0.4, 0.5) is 15.9 Å². The van der Waals surface area contributed by atoms with E-state index in [1.807, 2.05) is 37.3 Å². The molecule has 0 spiro atoms. The van der Waals surface area contributed by atoms with Crippen molar-refractivity contribution in [2.45, 2.75) is 13.0 Å². The first-order chi connectivity index (χ1) is 13.5. The number of nitrogens with zero attached hydrogens (tertiary/aromatic N) is 2. The van der Waals surface area contributed by atoms with Gasteiger partial charge in [0.1, 0.15) is 17.4 Å². The molecule has 6 heteroatoms. The summed E-state index contributed by atoms with van der Waals surface area (Å²) in [7, 11) is 1.75. The first-order valence-electron chi connectivity index (χ1n) is 9.03. The van der Waals surface area contributed by atoms with Crippen LogP contribution in [0, 0.1) is 5.82 Å². The summed E-state index contributed by atoms with van der Waals surface area (Å²) in [5.74, 6) is 1.11. The zero-order valence-corrected chi connectivity index (χ0v) is 15.6. The summed E-state index contributed by atoms with van der Waals surface area (Å²) in [5, 5.41) is 3.31. The number of halogens is 1. The average molecular weight is 377 g/mol. The maximum absolute atomic E-state index is 13.1. The Kier molecular flexibility index (Phi) is 4.69. The Morgan fingerprint density at radius 1 is 1.11 bits per heavy atom. The number of carbonyl (C=O) groups excluding carboxylic acids is 1. The molecule has 0 saturated heterocycles. The van der Waals surface area contributed by atoms with Crippen molar-refractivity contribution in [2.24, 2.45) is 0 Å². The maximum atomic E-state index is 13.1. The predicted molar refractivity (Wildman–Crippen MR) is 107 cm³/mol. The highest BCUT2D eigenvalue weighted by Gasteiger charge is 2.22. The van der Waals surface area contributed by atoms with E-state index in [-0.39, 0.29) is 24.4 Å². The molecule has 2 aromatic carbocycles. The minimum absolute atomic E-state index is 0.000458. The number of aromatic nitrogens is 1. The standard InChI is InChI=1S/C22H20FN3O2/c1-14(15-3-7-18(23)8-4-15)25-21-10-6-17(12-24-21)16-5-9-20-19(11-16)26(2)22(27)13-28-20/h3-12,14H,13H2,1-2H3,(H,24,25)/t14-/m1/s1. The molecule has 5 nitrogen and oxygen atoms in total. The molecule has 4 rings (SSSR count). The van der Waals surface area contributed by atoms with Crippen LogP contribution in [-0.2, 0) is 4.79 Å². The van der Waals surface area contributed by atoms with Crippen LogP contribution in [0.15, 0.2) is 60.8 Å². The Morgan fingerprint density at radius 3 is 2.57 bits per heavy atom. The second-order valence-electron chi connectivity index (χ2n) is 6.77.